The molecule has 7 nitrogen and oxygen atoms in total. The molecule has 0 radical (unpaired) electrons. The molecule has 0 atom stereocenters. The zero-order valence-electron chi connectivity index (χ0n) is 13.9. The van der Waals surface area contributed by atoms with Gasteiger partial charge in [-0.3, -0.25) is 9.59 Å². The van der Waals surface area contributed by atoms with E-state index >= 15 is 0 Å². The number of fused-ring (bicyclic) bond motifs is 1. The molecule has 1 aliphatic heterocycles. The molecule has 1 aliphatic rings. The number of hydrogen-bond acceptors (Lipinski definition) is 6. The van der Waals surface area contributed by atoms with E-state index in [1.54, 1.807) is 17.4 Å². The second-order valence-electron chi connectivity index (χ2n) is 5.68. The third-order valence-corrected chi connectivity index (χ3v) is 5.84. The van der Waals surface area contributed by atoms with Gasteiger partial charge >= 0.3 is 0 Å². The monoisotopic (exact) mass is 385 g/mol. The standard InChI is InChI=1S/C17H15N5O2S2/c1-21-16(13-7-4-8-25-13)19-20-17(21)26-10-15(24)22-9-14(23)18-11-5-2-3-6-12(11)22/h2-8H,9-10H2,1H3,(H,18,23). The quantitative estimate of drug-likeness (QED) is 0.699. The predicted molar refractivity (Wildman–Crippen MR) is 102 cm³/mol. The summed E-state index contributed by atoms with van der Waals surface area (Å²) in [6.07, 6.45) is 0. The molecule has 1 aromatic carbocycles. The number of anilines is 2. The predicted octanol–water partition coefficient (Wildman–Crippen LogP) is 2.62. The highest BCUT2D eigenvalue weighted by molar-refractivity contribution is 7.99. The number of nitrogens with zero attached hydrogens (tertiary/aromatic N) is 4. The summed E-state index contributed by atoms with van der Waals surface area (Å²) in [4.78, 5) is 27.1. The summed E-state index contributed by atoms with van der Waals surface area (Å²) in [5.41, 5.74) is 1.37. The van der Waals surface area contributed by atoms with Crippen LogP contribution in [0, 0.1) is 0 Å². The van der Waals surface area contributed by atoms with E-state index in [2.05, 4.69) is 15.5 Å². The topological polar surface area (TPSA) is 80.1 Å². The smallest absolute Gasteiger partial charge is 0.244 e. The van der Waals surface area contributed by atoms with Gasteiger partial charge in [0.15, 0.2) is 11.0 Å². The van der Waals surface area contributed by atoms with E-state index in [-0.39, 0.29) is 24.1 Å². The first-order valence-corrected chi connectivity index (χ1v) is 9.75. The summed E-state index contributed by atoms with van der Waals surface area (Å²) >= 11 is 2.90. The second-order valence-corrected chi connectivity index (χ2v) is 7.57. The van der Waals surface area contributed by atoms with Crippen molar-refractivity contribution in [3.8, 4) is 10.7 Å². The Morgan fingerprint density at radius 2 is 2.12 bits per heavy atom. The van der Waals surface area contributed by atoms with Gasteiger partial charge in [-0.2, -0.15) is 0 Å². The van der Waals surface area contributed by atoms with Crippen molar-refractivity contribution in [2.24, 2.45) is 7.05 Å². The zero-order valence-corrected chi connectivity index (χ0v) is 15.5. The molecule has 2 amide bonds. The van der Waals surface area contributed by atoms with E-state index in [1.165, 1.54) is 16.7 Å². The number of thiophene rings is 1. The minimum Gasteiger partial charge on any atom is -0.323 e. The van der Waals surface area contributed by atoms with E-state index < -0.39 is 0 Å². The van der Waals surface area contributed by atoms with E-state index in [4.69, 9.17) is 0 Å². The Labute approximate surface area is 158 Å². The molecule has 2 aromatic heterocycles. The van der Waals surface area contributed by atoms with Crippen LogP contribution in [0.3, 0.4) is 0 Å². The normalized spacial score (nSPS) is 13.4. The van der Waals surface area contributed by atoms with Crippen LogP contribution >= 0.6 is 23.1 Å². The second kappa shape index (κ2) is 6.93. The number of nitrogens with one attached hydrogen (secondary N) is 1. The van der Waals surface area contributed by atoms with E-state index in [1.807, 2.05) is 47.3 Å². The Morgan fingerprint density at radius 1 is 1.27 bits per heavy atom. The fourth-order valence-electron chi connectivity index (χ4n) is 2.72. The van der Waals surface area contributed by atoms with Crippen LogP contribution in [-0.2, 0) is 16.6 Å². The van der Waals surface area contributed by atoms with Crippen molar-refractivity contribution in [2.75, 3.05) is 22.5 Å². The lowest BCUT2D eigenvalue weighted by Gasteiger charge is -2.28. The largest absolute Gasteiger partial charge is 0.323 e. The molecule has 0 bridgehead atoms. The maximum Gasteiger partial charge on any atom is 0.244 e. The van der Waals surface area contributed by atoms with Crippen molar-refractivity contribution in [1.82, 2.24) is 14.8 Å². The molecule has 26 heavy (non-hydrogen) atoms. The first kappa shape index (κ1) is 16.8. The highest BCUT2D eigenvalue weighted by Gasteiger charge is 2.27. The number of carbonyl (C=O) groups is 2. The molecule has 0 saturated carbocycles. The van der Waals surface area contributed by atoms with Crippen LogP contribution in [0.25, 0.3) is 10.7 Å². The molecular weight excluding hydrogens is 370 g/mol. The Balaban J connectivity index is 1.49. The Hall–Kier alpha value is -2.65. The molecule has 3 aromatic rings. The first-order chi connectivity index (χ1) is 12.6. The van der Waals surface area contributed by atoms with Gasteiger partial charge in [0, 0.05) is 7.05 Å². The van der Waals surface area contributed by atoms with Crippen molar-refractivity contribution in [3.05, 3.63) is 41.8 Å². The minimum atomic E-state index is -0.194. The number of hydrogen-bond donors (Lipinski definition) is 1. The van der Waals surface area contributed by atoms with Crippen LogP contribution in [0.1, 0.15) is 0 Å². The average Bonchev–Trinajstić information content (AvgIpc) is 3.28. The van der Waals surface area contributed by atoms with Crippen LogP contribution in [-0.4, -0.2) is 38.9 Å². The number of rotatable bonds is 4. The van der Waals surface area contributed by atoms with Crippen LogP contribution in [0.15, 0.2) is 46.9 Å². The third kappa shape index (κ3) is 3.11. The molecule has 0 aliphatic carbocycles. The highest BCUT2D eigenvalue weighted by Crippen LogP contribution is 2.30. The lowest BCUT2D eigenvalue weighted by atomic mass is 10.2. The lowest BCUT2D eigenvalue weighted by molar-refractivity contribution is -0.120. The number of aromatic nitrogens is 3. The van der Waals surface area contributed by atoms with Crippen molar-refractivity contribution >= 4 is 46.3 Å². The van der Waals surface area contributed by atoms with Crippen molar-refractivity contribution in [1.29, 1.82) is 0 Å². The first-order valence-electron chi connectivity index (χ1n) is 7.89. The van der Waals surface area contributed by atoms with Crippen molar-refractivity contribution < 1.29 is 9.59 Å². The zero-order chi connectivity index (χ0) is 18.1. The maximum atomic E-state index is 12.7. The fourth-order valence-corrected chi connectivity index (χ4v) is 4.25. The lowest BCUT2D eigenvalue weighted by Crippen LogP contribution is -2.43. The molecule has 9 heteroatoms. The van der Waals surface area contributed by atoms with Gasteiger partial charge in [0.1, 0.15) is 6.54 Å². The van der Waals surface area contributed by atoms with Gasteiger partial charge in [-0.25, -0.2) is 0 Å². The van der Waals surface area contributed by atoms with Crippen LogP contribution in [0.4, 0.5) is 11.4 Å². The molecule has 132 valence electrons. The van der Waals surface area contributed by atoms with Crippen molar-refractivity contribution in [3.63, 3.8) is 0 Å². The van der Waals surface area contributed by atoms with Gasteiger partial charge in [0.05, 0.1) is 22.0 Å². The van der Waals surface area contributed by atoms with Gasteiger partial charge in [-0.05, 0) is 23.6 Å². The fraction of sp³-hybridized carbons (Fsp3) is 0.176. The van der Waals surface area contributed by atoms with Gasteiger partial charge in [0.25, 0.3) is 0 Å². The van der Waals surface area contributed by atoms with Gasteiger partial charge in [-0.1, -0.05) is 30.0 Å². The van der Waals surface area contributed by atoms with Gasteiger partial charge in [-0.15, -0.1) is 21.5 Å². The summed E-state index contributed by atoms with van der Waals surface area (Å²) in [5, 5.41) is 13.8. The Morgan fingerprint density at radius 3 is 2.92 bits per heavy atom. The van der Waals surface area contributed by atoms with Crippen LogP contribution in [0.5, 0.6) is 0 Å². The van der Waals surface area contributed by atoms with E-state index in [9.17, 15) is 9.59 Å². The summed E-state index contributed by atoms with van der Waals surface area (Å²) < 4.78 is 1.88. The molecule has 4 rings (SSSR count). The summed E-state index contributed by atoms with van der Waals surface area (Å²) in [6.45, 7) is 0.0235. The SMILES string of the molecule is Cn1c(SCC(=O)N2CC(=O)Nc3ccccc32)nnc1-c1cccs1. The molecule has 3 heterocycles. The average molecular weight is 385 g/mol. The number of carbonyl (C=O) groups excluding carboxylic acids is 2. The number of para-hydroxylation sites is 2. The maximum absolute atomic E-state index is 12.7. The Bertz CT molecular complexity index is 967. The third-order valence-electron chi connectivity index (χ3n) is 3.97. The van der Waals surface area contributed by atoms with Crippen LogP contribution in [0.2, 0.25) is 0 Å². The summed E-state index contributed by atoms with van der Waals surface area (Å²) in [7, 11) is 1.88. The minimum absolute atomic E-state index is 0.0235. The Kier molecular flexibility index (Phi) is 4.48. The molecule has 0 unspecified atom stereocenters. The molecular formula is C17H15N5O2S2. The van der Waals surface area contributed by atoms with E-state index in [0.29, 0.717) is 10.8 Å². The number of amides is 2. The summed E-state index contributed by atoms with van der Waals surface area (Å²) in [5.74, 6) is 0.620. The van der Waals surface area contributed by atoms with Crippen LogP contribution < -0.4 is 10.2 Å². The van der Waals surface area contributed by atoms with Gasteiger partial charge in [0.2, 0.25) is 11.8 Å². The molecule has 0 fully saturated rings. The number of benzene rings is 1. The van der Waals surface area contributed by atoms with Gasteiger partial charge < -0.3 is 14.8 Å². The molecule has 1 N–H and O–H groups in total. The molecule has 0 spiro atoms. The highest BCUT2D eigenvalue weighted by atomic mass is 32.2. The van der Waals surface area contributed by atoms with E-state index in [0.717, 1.165) is 16.4 Å². The molecule has 0 saturated heterocycles. The summed E-state index contributed by atoms with van der Waals surface area (Å²) in [6, 6.07) is 11.2. The van der Waals surface area contributed by atoms with Crippen molar-refractivity contribution in [2.45, 2.75) is 5.16 Å². The number of thioether (sulfide) groups is 1.